The highest BCUT2D eigenvalue weighted by molar-refractivity contribution is 5.99. The lowest BCUT2D eigenvalue weighted by Crippen LogP contribution is -2.49. The summed E-state index contributed by atoms with van der Waals surface area (Å²) in [6.45, 7) is 3.78. The van der Waals surface area contributed by atoms with E-state index in [9.17, 15) is 19.2 Å². The molecule has 0 unspecified atom stereocenters. The molecule has 1 fully saturated rings. The predicted octanol–water partition coefficient (Wildman–Crippen LogP) is 1.02. The van der Waals surface area contributed by atoms with E-state index in [0.29, 0.717) is 18.7 Å². The molecule has 0 spiro atoms. The molecule has 1 aliphatic heterocycles. The van der Waals surface area contributed by atoms with Crippen molar-refractivity contribution in [2.75, 3.05) is 18.4 Å². The van der Waals surface area contributed by atoms with Crippen LogP contribution in [0.4, 0.5) is 10.5 Å². The molecule has 1 aromatic rings. The van der Waals surface area contributed by atoms with Crippen molar-refractivity contribution < 1.29 is 24.3 Å². The average molecular weight is 376 g/mol. The van der Waals surface area contributed by atoms with Gasteiger partial charge in [0.05, 0.1) is 0 Å². The highest BCUT2D eigenvalue weighted by Gasteiger charge is 2.34. The van der Waals surface area contributed by atoms with E-state index in [0.717, 1.165) is 6.42 Å². The van der Waals surface area contributed by atoms with Crippen LogP contribution in [0, 0.1) is 0 Å². The Kier molecular flexibility index (Phi) is 6.75. The smallest absolute Gasteiger partial charge is 0.322 e. The van der Waals surface area contributed by atoms with Crippen LogP contribution in [0.3, 0.4) is 0 Å². The standard InChI is InChI=1S/C18H24N4O5/c1-11(2)20-18(27)22-9-3-4-14(22)17(26)21-13-7-5-12(6-8-13)16(25)19-10-15(23)24/h5-8,11,14H,3-4,9-10H2,1-2H3,(H,19,25)(H,20,27)(H,21,26)(H,23,24)/t14-/m0/s1. The maximum absolute atomic E-state index is 12.5. The van der Waals surface area contributed by atoms with Gasteiger partial charge in [0.25, 0.3) is 5.91 Å². The number of amides is 4. The van der Waals surface area contributed by atoms with Crippen LogP contribution in [0.25, 0.3) is 0 Å². The van der Waals surface area contributed by atoms with Gasteiger partial charge in [0.15, 0.2) is 0 Å². The van der Waals surface area contributed by atoms with Crippen molar-refractivity contribution in [1.82, 2.24) is 15.5 Å². The van der Waals surface area contributed by atoms with E-state index in [1.54, 1.807) is 12.1 Å². The molecule has 0 saturated carbocycles. The van der Waals surface area contributed by atoms with E-state index in [-0.39, 0.29) is 23.5 Å². The van der Waals surface area contributed by atoms with Crippen molar-refractivity contribution in [3.8, 4) is 0 Å². The number of carbonyl (C=O) groups is 4. The third-order valence-electron chi connectivity index (χ3n) is 4.04. The van der Waals surface area contributed by atoms with Crippen molar-refractivity contribution in [3.05, 3.63) is 29.8 Å². The average Bonchev–Trinajstić information content (AvgIpc) is 3.09. The van der Waals surface area contributed by atoms with Gasteiger partial charge >= 0.3 is 12.0 Å². The Hall–Kier alpha value is -3.10. The summed E-state index contributed by atoms with van der Waals surface area (Å²) in [5.41, 5.74) is 0.777. The molecule has 1 aromatic carbocycles. The van der Waals surface area contributed by atoms with Crippen molar-refractivity contribution in [3.63, 3.8) is 0 Å². The van der Waals surface area contributed by atoms with Crippen LogP contribution in [-0.2, 0) is 9.59 Å². The Morgan fingerprint density at radius 2 is 1.85 bits per heavy atom. The molecular formula is C18H24N4O5. The number of likely N-dealkylation sites (tertiary alicyclic amines) is 1. The molecule has 0 aliphatic carbocycles. The van der Waals surface area contributed by atoms with Crippen molar-refractivity contribution in [2.24, 2.45) is 0 Å². The van der Waals surface area contributed by atoms with Gasteiger partial charge in [0, 0.05) is 23.8 Å². The Balaban J connectivity index is 1.96. The van der Waals surface area contributed by atoms with E-state index < -0.39 is 24.5 Å². The minimum atomic E-state index is -1.13. The number of nitrogens with one attached hydrogen (secondary N) is 3. The first kappa shape index (κ1) is 20.2. The number of carboxylic acids is 1. The number of carboxylic acid groups (broad SMARTS) is 1. The van der Waals surface area contributed by atoms with E-state index in [1.807, 2.05) is 13.8 Å². The molecule has 0 bridgehead atoms. The number of urea groups is 1. The number of nitrogens with zero attached hydrogens (tertiary/aromatic N) is 1. The van der Waals surface area contributed by atoms with E-state index in [2.05, 4.69) is 16.0 Å². The topological polar surface area (TPSA) is 128 Å². The Morgan fingerprint density at radius 1 is 1.19 bits per heavy atom. The Labute approximate surface area is 157 Å². The highest BCUT2D eigenvalue weighted by Crippen LogP contribution is 2.20. The number of anilines is 1. The molecule has 1 heterocycles. The molecule has 4 amide bonds. The first-order valence-corrected chi connectivity index (χ1v) is 8.76. The summed E-state index contributed by atoms with van der Waals surface area (Å²) in [6, 6.07) is 5.29. The minimum absolute atomic E-state index is 0.0124. The zero-order chi connectivity index (χ0) is 20.0. The second-order valence-corrected chi connectivity index (χ2v) is 6.60. The second-order valence-electron chi connectivity index (χ2n) is 6.60. The van der Waals surface area contributed by atoms with Gasteiger partial charge < -0.3 is 26.0 Å². The molecule has 9 heteroatoms. The number of aliphatic carboxylic acids is 1. The van der Waals surface area contributed by atoms with Gasteiger partial charge in [0.2, 0.25) is 5.91 Å². The molecule has 1 aliphatic rings. The van der Waals surface area contributed by atoms with Crippen LogP contribution in [0.15, 0.2) is 24.3 Å². The van der Waals surface area contributed by atoms with Crippen LogP contribution in [-0.4, -0.2) is 59.0 Å². The van der Waals surface area contributed by atoms with Gasteiger partial charge in [-0.05, 0) is 51.0 Å². The van der Waals surface area contributed by atoms with Crippen LogP contribution in [0.2, 0.25) is 0 Å². The van der Waals surface area contributed by atoms with Gasteiger partial charge in [0.1, 0.15) is 12.6 Å². The fourth-order valence-corrected chi connectivity index (χ4v) is 2.80. The van der Waals surface area contributed by atoms with Crippen molar-refractivity contribution in [2.45, 2.75) is 38.8 Å². The van der Waals surface area contributed by atoms with Crippen LogP contribution < -0.4 is 16.0 Å². The first-order chi connectivity index (χ1) is 12.8. The third kappa shape index (κ3) is 5.70. The minimum Gasteiger partial charge on any atom is -0.480 e. The summed E-state index contributed by atoms with van der Waals surface area (Å²) in [6.07, 6.45) is 1.35. The quantitative estimate of drug-likeness (QED) is 0.589. The summed E-state index contributed by atoms with van der Waals surface area (Å²) in [5.74, 6) is -1.92. The SMILES string of the molecule is CC(C)NC(=O)N1CCC[C@H]1C(=O)Nc1ccc(C(=O)NCC(=O)O)cc1. The maximum atomic E-state index is 12.5. The van der Waals surface area contributed by atoms with Gasteiger partial charge in [-0.25, -0.2) is 4.79 Å². The van der Waals surface area contributed by atoms with Gasteiger partial charge in [-0.1, -0.05) is 0 Å². The summed E-state index contributed by atoms with van der Waals surface area (Å²) in [4.78, 5) is 48.5. The van der Waals surface area contributed by atoms with Crippen molar-refractivity contribution >= 4 is 29.5 Å². The van der Waals surface area contributed by atoms with Crippen LogP contribution >= 0.6 is 0 Å². The first-order valence-electron chi connectivity index (χ1n) is 8.76. The molecule has 1 atom stereocenters. The molecule has 9 nitrogen and oxygen atoms in total. The number of rotatable bonds is 6. The molecule has 27 heavy (non-hydrogen) atoms. The summed E-state index contributed by atoms with van der Waals surface area (Å²) in [5, 5.41) is 16.4. The Morgan fingerprint density at radius 3 is 2.44 bits per heavy atom. The monoisotopic (exact) mass is 376 g/mol. The van der Waals surface area contributed by atoms with Gasteiger partial charge in [-0.3, -0.25) is 14.4 Å². The highest BCUT2D eigenvalue weighted by atomic mass is 16.4. The normalized spacial score (nSPS) is 16.1. The maximum Gasteiger partial charge on any atom is 0.322 e. The Bertz CT molecular complexity index is 717. The summed E-state index contributed by atoms with van der Waals surface area (Å²) in [7, 11) is 0. The lowest BCUT2D eigenvalue weighted by Gasteiger charge is -2.25. The second kappa shape index (κ2) is 9.02. The zero-order valence-corrected chi connectivity index (χ0v) is 15.3. The van der Waals surface area contributed by atoms with Crippen molar-refractivity contribution in [1.29, 1.82) is 0 Å². The van der Waals surface area contributed by atoms with E-state index in [1.165, 1.54) is 17.0 Å². The molecule has 0 radical (unpaired) electrons. The van der Waals surface area contributed by atoms with Crippen LogP contribution in [0.1, 0.15) is 37.0 Å². The molecule has 4 N–H and O–H groups in total. The third-order valence-corrected chi connectivity index (χ3v) is 4.04. The summed E-state index contributed by atoms with van der Waals surface area (Å²) < 4.78 is 0. The largest absolute Gasteiger partial charge is 0.480 e. The fourth-order valence-electron chi connectivity index (χ4n) is 2.80. The molecule has 2 rings (SSSR count). The van der Waals surface area contributed by atoms with Crippen LogP contribution in [0.5, 0.6) is 0 Å². The number of benzene rings is 1. The molecule has 1 saturated heterocycles. The van der Waals surface area contributed by atoms with E-state index in [4.69, 9.17) is 5.11 Å². The number of hydrogen-bond donors (Lipinski definition) is 4. The number of carbonyl (C=O) groups excluding carboxylic acids is 3. The van der Waals surface area contributed by atoms with E-state index >= 15 is 0 Å². The fraction of sp³-hybridized carbons (Fsp3) is 0.444. The van der Waals surface area contributed by atoms with Gasteiger partial charge in [-0.15, -0.1) is 0 Å². The molecular weight excluding hydrogens is 352 g/mol. The summed E-state index contributed by atoms with van der Waals surface area (Å²) >= 11 is 0. The number of hydrogen-bond acceptors (Lipinski definition) is 4. The molecule has 146 valence electrons. The van der Waals surface area contributed by atoms with Gasteiger partial charge in [-0.2, -0.15) is 0 Å². The molecule has 0 aromatic heterocycles. The predicted molar refractivity (Wildman–Crippen MR) is 98.4 cm³/mol. The zero-order valence-electron chi connectivity index (χ0n) is 15.3. The lowest BCUT2D eigenvalue weighted by molar-refractivity contribution is -0.135. The lowest BCUT2D eigenvalue weighted by atomic mass is 10.1.